The van der Waals surface area contributed by atoms with E-state index in [1.807, 2.05) is 0 Å². The van der Waals surface area contributed by atoms with Gasteiger partial charge >= 0.3 is 12.3 Å². The van der Waals surface area contributed by atoms with Crippen molar-refractivity contribution in [2.75, 3.05) is 0 Å². The molecular formula is C11H7ClF4S. The second-order valence-corrected chi connectivity index (χ2v) is 4.87. The van der Waals surface area contributed by atoms with E-state index in [0.717, 1.165) is 4.70 Å². The average molecular weight is 283 g/mol. The standard InChI is InChI=1S/C11H7ClF4S/c12-9(11(15,16)10(13)14)7-5-17-8-4-2-1-3-6(7)8/h1-5,9-10H. The maximum atomic E-state index is 13.2. The molecule has 0 fully saturated rings. The lowest BCUT2D eigenvalue weighted by atomic mass is 10.1. The molecule has 0 bridgehead atoms. The molecule has 0 aliphatic heterocycles. The normalized spacial score (nSPS) is 14.5. The lowest BCUT2D eigenvalue weighted by Gasteiger charge is -2.20. The minimum absolute atomic E-state index is 0.0533. The second kappa shape index (κ2) is 4.46. The number of fused-ring (bicyclic) bond motifs is 1. The summed E-state index contributed by atoms with van der Waals surface area (Å²) in [6.07, 6.45) is -3.77. The fourth-order valence-corrected chi connectivity index (χ4v) is 2.85. The van der Waals surface area contributed by atoms with E-state index >= 15 is 0 Å². The number of hydrogen-bond acceptors (Lipinski definition) is 1. The first-order valence-corrected chi connectivity index (χ1v) is 6.02. The summed E-state index contributed by atoms with van der Waals surface area (Å²) in [5, 5.41) is -0.116. The molecule has 1 heterocycles. The number of hydrogen-bond donors (Lipinski definition) is 0. The molecule has 1 aromatic carbocycles. The van der Waals surface area contributed by atoms with Crippen LogP contribution < -0.4 is 0 Å². The molecule has 0 amide bonds. The van der Waals surface area contributed by atoms with Crippen molar-refractivity contribution >= 4 is 33.0 Å². The van der Waals surface area contributed by atoms with E-state index in [2.05, 4.69) is 0 Å². The van der Waals surface area contributed by atoms with Crippen molar-refractivity contribution < 1.29 is 17.6 Å². The van der Waals surface area contributed by atoms with Gasteiger partial charge in [0.2, 0.25) is 0 Å². The number of halogens is 5. The first kappa shape index (κ1) is 12.6. The monoisotopic (exact) mass is 282 g/mol. The van der Waals surface area contributed by atoms with Crippen LogP contribution >= 0.6 is 22.9 Å². The molecule has 1 unspecified atom stereocenters. The smallest absolute Gasteiger partial charge is 0.204 e. The van der Waals surface area contributed by atoms with Gasteiger partial charge < -0.3 is 0 Å². The highest BCUT2D eigenvalue weighted by atomic mass is 35.5. The summed E-state index contributed by atoms with van der Waals surface area (Å²) in [6.45, 7) is 0. The molecule has 1 atom stereocenters. The highest BCUT2D eigenvalue weighted by molar-refractivity contribution is 7.17. The van der Waals surface area contributed by atoms with Crippen molar-refractivity contribution in [1.29, 1.82) is 0 Å². The average Bonchev–Trinajstić information content (AvgIpc) is 2.71. The third kappa shape index (κ3) is 2.13. The molecule has 0 radical (unpaired) electrons. The lowest BCUT2D eigenvalue weighted by Crippen LogP contribution is -2.31. The molecule has 0 saturated heterocycles. The van der Waals surface area contributed by atoms with Gasteiger partial charge in [0.1, 0.15) is 5.38 Å². The largest absolute Gasteiger partial charge is 0.327 e. The van der Waals surface area contributed by atoms with Crippen LogP contribution in [0.25, 0.3) is 10.1 Å². The van der Waals surface area contributed by atoms with Crippen LogP contribution in [0.5, 0.6) is 0 Å². The molecule has 2 rings (SSSR count). The number of thiophene rings is 1. The van der Waals surface area contributed by atoms with Crippen molar-refractivity contribution in [2.24, 2.45) is 0 Å². The van der Waals surface area contributed by atoms with Crippen molar-refractivity contribution in [3.63, 3.8) is 0 Å². The van der Waals surface area contributed by atoms with E-state index < -0.39 is 17.7 Å². The first-order valence-electron chi connectivity index (χ1n) is 4.70. The Kier molecular flexibility index (Phi) is 3.32. The van der Waals surface area contributed by atoms with E-state index in [-0.39, 0.29) is 5.56 Å². The Morgan fingerprint density at radius 3 is 2.47 bits per heavy atom. The van der Waals surface area contributed by atoms with Gasteiger partial charge in [-0.1, -0.05) is 18.2 Å². The van der Waals surface area contributed by atoms with Crippen LogP contribution in [0, 0.1) is 0 Å². The minimum Gasteiger partial charge on any atom is -0.204 e. The molecule has 92 valence electrons. The SMILES string of the molecule is FC(F)C(F)(F)C(Cl)c1csc2ccccc12. The fraction of sp³-hybridized carbons (Fsp3) is 0.273. The molecule has 1 aromatic heterocycles. The quantitative estimate of drug-likeness (QED) is 0.544. The van der Waals surface area contributed by atoms with Crippen LogP contribution in [-0.4, -0.2) is 12.3 Å². The third-order valence-electron chi connectivity index (χ3n) is 2.41. The van der Waals surface area contributed by atoms with E-state index in [9.17, 15) is 17.6 Å². The molecule has 0 aliphatic carbocycles. The Balaban J connectivity index is 2.47. The van der Waals surface area contributed by atoms with Crippen molar-refractivity contribution in [3.8, 4) is 0 Å². The molecule has 0 aliphatic rings. The van der Waals surface area contributed by atoms with Gasteiger partial charge in [0.15, 0.2) is 0 Å². The zero-order chi connectivity index (χ0) is 12.6. The molecule has 0 N–H and O–H groups in total. The Morgan fingerprint density at radius 1 is 1.18 bits per heavy atom. The number of alkyl halides is 5. The number of benzene rings is 1. The van der Waals surface area contributed by atoms with Gasteiger partial charge in [0.25, 0.3) is 0 Å². The highest BCUT2D eigenvalue weighted by Crippen LogP contribution is 2.45. The molecule has 2 aromatic rings. The van der Waals surface area contributed by atoms with E-state index in [1.54, 1.807) is 24.3 Å². The predicted octanol–water partition coefficient (Wildman–Crippen LogP) is 5.08. The molecule has 0 saturated carbocycles. The molecule has 17 heavy (non-hydrogen) atoms. The van der Waals surface area contributed by atoms with Crippen LogP contribution in [0.3, 0.4) is 0 Å². The molecular weight excluding hydrogens is 276 g/mol. The topological polar surface area (TPSA) is 0 Å². The van der Waals surface area contributed by atoms with Crippen molar-refractivity contribution in [2.45, 2.75) is 17.7 Å². The summed E-state index contributed by atoms with van der Waals surface area (Å²) in [7, 11) is 0. The van der Waals surface area contributed by atoms with Crippen LogP contribution in [0.15, 0.2) is 29.6 Å². The molecule has 0 spiro atoms. The van der Waals surface area contributed by atoms with Gasteiger partial charge in [-0.25, -0.2) is 8.78 Å². The zero-order valence-electron chi connectivity index (χ0n) is 8.34. The van der Waals surface area contributed by atoms with Crippen molar-refractivity contribution in [1.82, 2.24) is 0 Å². The van der Waals surface area contributed by atoms with Crippen LogP contribution in [0.1, 0.15) is 10.9 Å². The van der Waals surface area contributed by atoms with Crippen LogP contribution in [0.4, 0.5) is 17.6 Å². The highest BCUT2D eigenvalue weighted by Gasteiger charge is 2.49. The predicted molar refractivity (Wildman–Crippen MR) is 61.4 cm³/mol. The Hall–Kier alpha value is -0.810. The minimum atomic E-state index is -4.23. The third-order valence-corrected chi connectivity index (χ3v) is 3.92. The van der Waals surface area contributed by atoms with Gasteiger partial charge in [0, 0.05) is 4.70 Å². The lowest BCUT2D eigenvalue weighted by molar-refractivity contribution is -0.130. The van der Waals surface area contributed by atoms with Gasteiger partial charge in [-0.15, -0.1) is 22.9 Å². The summed E-state index contributed by atoms with van der Waals surface area (Å²) in [4.78, 5) is 0. The van der Waals surface area contributed by atoms with Gasteiger partial charge in [0.05, 0.1) is 0 Å². The molecule has 0 nitrogen and oxygen atoms in total. The second-order valence-electron chi connectivity index (χ2n) is 3.52. The van der Waals surface area contributed by atoms with E-state index in [0.29, 0.717) is 5.39 Å². The fourth-order valence-electron chi connectivity index (χ4n) is 1.51. The van der Waals surface area contributed by atoms with Crippen LogP contribution in [0.2, 0.25) is 0 Å². The molecule has 6 heteroatoms. The summed E-state index contributed by atoms with van der Waals surface area (Å²) < 4.78 is 51.5. The van der Waals surface area contributed by atoms with Gasteiger partial charge in [-0.05, 0) is 22.4 Å². The summed E-state index contributed by atoms with van der Waals surface area (Å²) in [5.74, 6) is -4.23. The summed E-state index contributed by atoms with van der Waals surface area (Å²) >= 11 is 6.70. The van der Waals surface area contributed by atoms with Gasteiger partial charge in [-0.2, -0.15) is 8.78 Å². The summed E-state index contributed by atoms with van der Waals surface area (Å²) in [6, 6.07) is 6.73. The van der Waals surface area contributed by atoms with Gasteiger partial charge in [-0.3, -0.25) is 0 Å². The Bertz CT molecular complexity index is 523. The maximum Gasteiger partial charge on any atom is 0.327 e. The van der Waals surface area contributed by atoms with E-state index in [1.165, 1.54) is 16.7 Å². The first-order chi connectivity index (χ1) is 7.94. The zero-order valence-corrected chi connectivity index (χ0v) is 9.91. The van der Waals surface area contributed by atoms with Crippen molar-refractivity contribution in [3.05, 3.63) is 35.2 Å². The Labute approximate surface area is 104 Å². The van der Waals surface area contributed by atoms with E-state index in [4.69, 9.17) is 11.6 Å². The Morgan fingerprint density at radius 2 is 1.82 bits per heavy atom. The summed E-state index contributed by atoms with van der Waals surface area (Å²) in [5.41, 5.74) is 0.0533. The maximum absolute atomic E-state index is 13.2. The number of rotatable bonds is 3. The van der Waals surface area contributed by atoms with Crippen LogP contribution in [-0.2, 0) is 0 Å².